The molecule has 0 radical (unpaired) electrons. The molecule has 0 aliphatic carbocycles. The van der Waals surface area contributed by atoms with Gasteiger partial charge in [0.1, 0.15) is 0 Å². The number of rotatable bonds is 9. The van der Waals surface area contributed by atoms with Crippen LogP contribution in [0.2, 0.25) is 0 Å². The van der Waals surface area contributed by atoms with Crippen LogP contribution in [0.4, 0.5) is 5.69 Å². The molecule has 3 rings (SSSR count). The predicted molar refractivity (Wildman–Crippen MR) is 119 cm³/mol. The highest BCUT2D eigenvalue weighted by molar-refractivity contribution is 5.95. The number of hydrogen-bond acceptors (Lipinski definition) is 4. The normalized spacial score (nSPS) is 10.4. The summed E-state index contributed by atoms with van der Waals surface area (Å²) in [5.74, 6) is 1.59. The SMILES string of the molecule is COc1cc(CC(=O)N(CCc2ccccc2)c2ccccc2)cc(OC)c1OC. The Bertz CT molecular complexity index is 932. The molecule has 0 heterocycles. The highest BCUT2D eigenvalue weighted by Gasteiger charge is 2.19. The van der Waals surface area contributed by atoms with Gasteiger partial charge >= 0.3 is 0 Å². The maximum Gasteiger partial charge on any atom is 0.231 e. The minimum Gasteiger partial charge on any atom is -0.493 e. The van der Waals surface area contributed by atoms with E-state index in [0.717, 1.165) is 17.7 Å². The first-order valence-electron chi connectivity index (χ1n) is 9.84. The first-order chi connectivity index (χ1) is 14.7. The summed E-state index contributed by atoms with van der Waals surface area (Å²) in [5.41, 5.74) is 2.88. The fraction of sp³-hybridized carbons (Fsp3) is 0.240. The molecule has 1 amide bonds. The summed E-state index contributed by atoms with van der Waals surface area (Å²) in [6.07, 6.45) is 0.997. The van der Waals surface area contributed by atoms with Crippen LogP contribution >= 0.6 is 0 Å². The number of nitrogens with zero attached hydrogens (tertiary/aromatic N) is 1. The van der Waals surface area contributed by atoms with Gasteiger partial charge in [-0.15, -0.1) is 0 Å². The Morgan fingerprint density at radius 1 is 0.767 bits per heavy atom. The lowest BCUT2D eigenvalue weighted by Crippen LogP contribution is -2.34. The second-order valence-corrected chi connectivity index (χ2v) is 6.83. The molecule has 30 heavy (non-hydrogen) atoms. The third-order valence-electron chi connectivity index (χ3n) is 4.92. The number of carbonyl (C=O) groups excluding carboxylic acids is 1. The molecular weight excluding hydrogens is 378 g/mol. The van der Waals surface area contributed by atoms with Crippen molar-refractivity contribution >= 4 is 11.6 Å². The maximum absolute atomic E-state index is 13.3. The van der Waals surface area contributed by atoms with E-state index in [0.29, 0.717) is 23.8 Å². The number of hydrogen-bond donors (Lipinski definition) is 0. The monoisotopic (exact) mass is 405 g/mol. The van der Waals surface area contributed by atoms with E-state index in [9.17, 15) is 4.79 Å². The highest BCUT2D eigenvalue weighted by atomic mass is 16.5. The number of ether oxygens (including phenoxy) is 3. The van der Waals surface area contributed by atoms with Crippen molar-refractivity contribution in [2.24, 2.45) is 0 Å². The highest BCUT2D eigenvalue weighted by Crippen LogP contribution is 2.38. The van der Waals surface area contributed by atoms with Crippen LogP contribution in [-0.4, -0.2) is 33.8 Å². The Kier molecular flexibility index (Phi) is 7.33. The van der Waals surface area contributed by atoms with Gasteiger partial charge in [0.15, 0.2) is 11.5 Å². The van der Waals surface area contributed by atoms with Crippen LogP contribution in [0.5, 0.6) is 17.2 Å². The molecule has 0 aliphatic heterocycles. The van der Waals surface area contributed by atoms with Gasteiger partial charge in [0.2, 0.25) is 11.7 Å². The molecule has 0 aromatic heterocycles. The molecule has 0 N–H and O–H groups in total. The number of methoxy groups -OCH3 is 3. The summed E-state index contributed by atoms with van der Waals surface area (Å²) < 4.78 is 16.2. The van der Waals surface area contributed by atoms with Crippen molar-refractivity contribution in [3.8, 4) is 17.2 Å². The van der Waals surface area contributed by atoms with Crippen molar-refractivity contribution in [1.82, 2.24) is 0 Å². The molecule has 0 atom stereocenters. The van der Waals surface area contributed by atoms with E-state index in [2.05, 4.69) is 12.1 Å². The summed E-state index contributed by atoms with van der Waals surface area (Å²) >= 11 is 0. The largest absolute Gasteiger partial charge is 0.493 e. The third-order valence-corrected chi connectivity index (χ3v) is 4.92. The molecule has 0 fully saturated rings. The van der Waals surface area contributed by atoms with E-state index >= 15 is 0 Å². The first kappa shape index (κ1) is 21.2. The average Bonchev–Trinajstić information content (AvgIpc) is 2.79. The van der Waals surface area contributed by atoms with Gasteiger partial charge in [-0.3, -0.25) is 4.79 Å². The van der Waals surface area contributed by atoms with Crippen molar-refractivity contribution in [3.05, 3.63) is 83.9 Å². The van der Waals surface area contributed by atoms with Crippen molar-refractivity contribution in [2.75, 3.05) is 32.8 Å². The average molecular weight is 405 g/mol. The van der Waals surface area contributed by atoms with E-state index in [1.165, 1.54) is 5.56 Å². The van der Waals surface area contributed by atoms with Crippen LogP contribution in [0.25, 0.3) is 0 Å². The Morgan fingerprint density at radius 2 is 1.33 bits per heavy atom. The van der Waals surface area contributed by atoms with Gasteiger partial charge in [-0.2, -0.15) is 0 Å². The molecule has 3 aromatic carbocycles. The minimum atomic E-state index is 0.00593. The van der Waals surface area contributed by atoms with E-state index < -0.39 is 0 Å². The molecule has 3 aromatic rings. The zero-order valence-electron chi connectivity index (χ0n) is 17.6. The Morgan fingerprint density at radius 3 is 1.87 bits per heavy atom. The lowest BCUT2D eigenvalue weighted by molar-refractivity contribution is -0.118. The fourth-order valence-electron chi connectivity index (χ4n) is 3.40. The molecule has 0 saturated carbocycles. The summed E-state index contributed by atoms with van der Waals surface area (Å²) in [4.78, 5) is 15.1. The molecule has 0 bridgehead atoms. The van der Waals surface area contributed by atoms with Crippen LogP contribution in [0, 0.1) is 0 Å². The van der Waals surface area contributed by atoms with Gasteiger partial charge < -0.3 is 19.1 Å². The lowest BCUT2D eigenvalue weighted by atomic mass is 10.1. The van der Waals surface area contributed by atoms with Crippen LogP contribution in [-0.2, 0) is 17.6 Å². The summed E-state index contributed by atoms with van der Waals surface area (Å²) in [6.45, 7) is 0.595. The van der Waals surface area contributed by atoms with Crippen LogP contribution < -0.4 is 19.1 Å². The van der Waals surface area contributed by atoms with Gasteiger partial charge in [-0.05, 0) is 41.8 Å². The number of amides is 1. The second kappa shape index (κ2) is 10.3. The van der Waals surface area contributed by atoms with E-state index in [-0.39, 0.29) is 12.3 Å². The van der Waals surface area contributed by atoms with E-state index in [4.69, 9.17) is 14.2 Å². The molecular formula is C25H27NO4. The van der Waals surface area contributed by atoms with Gasteiger partial charge in [0.05, 0.1) is 27.8 Å². The molecule has 0 saturated heterocycles. The van der Waals surface area contributed by atoms with E-state index in [1.807, 2.05) is 65.6 Å². The predicted octanol–water partition coefficient (Wildman–Crippen LogP) is 4.53. The fourth-order valence-corrected chi connectivity index (χ4v) is 3.40. The molecule has 5 nitrogen and oxygen atoms in total. The molecule has 5 heteroatoms. The van der Waals surface area contributed by atoms with E-state index in [1.54, 1.807) is 21.3 Å². The molecule has 156 valence electrons. The van der Waals surface area contributed by atoms with Crippen molar-refractivity contribution < 1.29 is 19.0 Å². The Labute approximate surface area is 177 Å². The van der Waals surface area contributed by atoms with Crippen LogP contribution in [0.15, 0.2) is 72.8 Å². The van der Waals surface area contributed by atoms with Crippen LogP contribution in [0.1, 0.15) is 11.1 Å². The summed E-state index contributed by atoms with van der Waals surface area (Å²) in [5, 5.41) is 0. The molecule has 0 unspecified atom stereocenters. The molecule has 0 aliphatic rings. The zero-order chi connectivity index (χ0) is 21.3. The summed E-state index contributed by atoms with van der Waals surface area (Å²) in [6, 6.07) is 23.6. The lowest BCUT2D eigenvalue weighted by Gasteiger charge is -2.23. The smallest absolute Gasteiger partial charge is 0.231 e. The van der Waals surface area contributed by atoms with Crippen molar-refractivity contribution in [1.29, 1.82) is 0 Å². The van der Waals surface area contributed by atoms with Gasteiger partial charge in [-0.1, -0.05) is 48.5 Å². The maximum atomic E-state index is 13.3. The third kappa shape index (κ3) is 5.11. The van der Waals surface area contributed by atoms with Crippen molar-refractivity contribution in [2.45, 2.75) is 12.8 Å². The van der Waals surface area contributed by atoms with Crippen LogP contribution in [0.3, 0.4) is 0 Å². The minimum absolute atomic E-state index is 0.00593. The number of carbonyl (C=O) groups is 1. The van der Waals surface area contributed by atoms with Gasteiger partial charge in [0.25, 0.3) is 0 Å². The zero-order valence-corrected chi connectivity index (χ0v) is 17.6. The second-order valence-electron chi connectivity index (χ2n) is 6.83. The quantitative estimate of drug-likeness (QED) is 0.525. The first-order valence-corrected chi connectivity index (χ1v) is 9.84. The summed E-state index contributed by atoms with van der Waals surface area (Å²) in [7, 11) is 4.70. The van der Waals surface area contributed by atoms with Gasteiger partial charge in [0, 0.05) is 12.2 Å². The number of para-hydroxylation sites is 1. The molecule has 0 spiro atoms. The number of benzene rings is 3. The van der Waals surface area contributed by atoms with Gasteiger partial charge in [-0.25, -0.2) is 0 Å². The standard InChI is InChI=1S/C25H27NO4/c1-28-22-16-20(17-23(29-2)25(22)30-3)18-24(27)26(21-12-8-5-9-13-21)15-14-19-10-6-4-7-11-19/h4-13,16-17H,14-15,18H2,1-3H3. The Hall–Kier alpha value is -3.47. The Balaban J connectivity index is 1.84. The number of anilines is 1. The topological polar surface area (TPSA) is 48.0 Å². The van der Waals surface area contributed by atoms with Crippen molar-refractivity contribution in [3.63, 3.8) is 0 Å².